The fourth-order valence-corrected chi connectivity index (χ4v) is 12.3. The van der Waals surface area contributed by atoms with Gasteiger partial charge in [0, 0.05) is 11.6 Å². The van der Waals surface area contributed by atoms with E-state index in [1.54, 1.807) is 0 Å². The summed E-state index contributed by atoms with van der Waals surface area (Å²) in [6.07, 6.45) is 2.64. The maximum absolute atomic E-state index is 6.85. The summed E-state index contributed by atoms with van der Waals surface area (Å²) in [5, 5.41) is 1.43. The van der Waals surface area contributed by atoms with Gasteiger partial charge in [0.2, 0.25) is 0 Å². The van der Waals surface area contributed by atoms with E-state index in [9.17, 15) is 0 Å². The molecule has 32 heavy (non-hydrogen) atoms. The van der Waals surface area contributed by atoms with E-state index in [1.165, 1.54) is 11.6 Å². The molecule has 3 saturated carbocycles. The van der Waals surface area contributed by atoms with Crippen LogP contribution in [-0.2, 0) is 13.7 Å². The van der Waals surface area contributed by atoms with Gasteiger partial charge in [0.05, 0.1) is 19.8 Å². The topological polar surface area (TPSA) is 27.7 Å². The second-order valence-corrected chi connectivity index (χ2v) is 22.0. The summed E-state index contributed by atoms with van der Waals surface area (Å²) in [5.74, 6) is 1.31. The molecule has 6 heteroatoms. The predicted molar refractivity (Wildman–Crippen MR) is 140 cm³/mol. The average molecular weight is 471 g/mol. The van der Waals surface area contributed by atoms with Crippen molar-refractivity contribution in [1.82, 2.24) is 0 Å². The van der Waals surface area contributed by atoms with Crippen LogP contribution in [0.2, 0.25) is 38.3 Å². The molecule has 0 spiro atoms. The molecule has 5 rings (SSSR count). The normalized spacial score (nSPS) is 33.3. The zero-order valence-electron chi connectivity index (χ0n) is 21.7. The summed E-state index contributed by atoms with van der Waals surface area (Å²) >= 11 is 0. The van der Waals surface area contributed by atoms with Crippen molar-refractivity contribution in [2.75, 3.05) is 0 Å². The number of hydrogen-bond donors (Lipinski definition) is 0. The van der Waals surface area contributed by atoms with E-state index < -0.39 is 16.4 Å². The van der Waals surface area contributed by atoms with Gasteiger partial charge in [-0.1, -0.05) is 62.5 Å². The first kappa shape index (κ1) is 24.5. The summed E-state index contributed by atoms with van der Waals surface area (Å²) in [7, 11) is -4.03. The second-order valence-electron chi connectivity index (χ2n) is 12.9. The lowest BCUT2D eigenvalue weighted by Crippen LogP contribution is -2.65. The van der Waals surface area contributed by atoms with Gasteiger partial charge in [-0.25, -0.2) is 0 Å². The van der Waals surface area contributed by atoms with Gasteiger partial charge in [0.25, 0.3) is 0 Å². The fraction of sp³-hybridized carbons (Fsp3) is 0.692. The quantitative estimate of drug-likeness (QED) is 0.455. The van der Waals surface area contributed by atoms with Gasteiger partial charge in [0.15, 0.2) is 8.32 Å². The van der Waals surface area contributed by atoms with Crippen LogP contribution in [-0.4, -0.2) is 41.3 Å². The van der Waals surface area contributed by atoms with Crippen LogP contribution in [0.3, 0.4) is 0 Å². The Morgan fingerprint density at radius 1 is 1.09 bits per heavy atom. The van der Waals surface area contributed by atoms with Gasteiger partial charge in [0.1, 0.15) is 0 Å². The highest BCUT2D eigenvalue weighted by atomic mass is 28.4. The van der Waals surface area contributed by atoms with Crippen molar-refractivity contribution < 1.29 is 13.7 Å². The summed E-state index contributed by atoms with van der Waals surface area (Å²) < 4.78 is 20.2. The summed E-state index contributed by atoms with van der Waals surface area (Å²) in [4.78, 5) is 0. The molecular formula is C26H43BO3Si2. The van der Waals surface area contributed by atoms with E-state index in [-0.39, 0.29) is 30.5 Å². The van der Waals surface area contributed by atoms with E-state index in [1.807, 2.05) is 0 Å². The Morgan fingerprint density at radius 2 is 1.72 bits per heavy atom. The Hall–Kier alpha value is -0.661. The predicted octanol–water partition coefficient (Wildman–Crippen LogP) is 6.04. The molecule has 0 unspecified atom stereocenters. The first-order valence-electron chi connectivity index (χ1n) is 12.4. The second kappa shape index (κ2) is 7.94. The molecule has 0 radical (unpaired) electrons. The number of benzene rings is 1. The third-order valence-corrected chi connectivity index (χ3v) is 14.3. The lowest BCUT2D eigenvalue weighted by Gasteiger charge is -2.64. The van der Waals surface area contributed by atoms with E-state index >= 15 is 0 Å². The van der Waals surface area contributed by atoms with Crippen LogP contribution in [0.1, 0.15) is 40.5 Å². The van der Waals surface area contributed by atoms with E-state index in [0.29, 0.717) is 11.3 Å². The highest BCUT2D eigenvalue weighted by Gasteiger charge is 2.68. The number of rotatable bonds is 7. The zero-order chi connectivity index (χ0) is 23.7. The van der Waals surface area contributed by atoms with Crippen molar-refractivity contribution in [3.05, 3.63) is 42.4 Å². The molecule has 0 aromatic heterocycles. The van der Waals surface area contributed by atoms with Crippen molar-refractivity contribution >= 4 is 28.7 Å². The van der Waals surface area contributed by atoms with Gasteiger partial charge < -0.3 is 13.7 Å². The van der Waals surface area contributed by atoms with E-state index in [4.69, 9.17) is 13.7 Å². The molecule has 0 amide bonds. The van der Waals surface area contributed by atoms with Gasteiger partial charge in [-0.05, 0) is 69.1 Å². The summed E-state index contributed by atoms with van der Waals surface area (Å²) in [6, 6.07) is 11.0. The van der Waals surface area contributed by atoms with Gasteiger partial charge in [-0.2, -0.15) is 0 Å². The van der Waals surface area contributed by atoms with Crippen LogP contribution >= 0.6 is 0 Å². The molecule has 1 saturated heterocycles. The van der Waals surface area contributed by atoms with Crippen molar-refractivity contribution in [1.29, 1.82) is 0 Å². The van der Waals surface area contributed by atoms with Crippen LogP contribution in [0.5, 0.6) is 0 Å². The largest absolute Gasteiger partial charge is 0.489 e. The van der Waals surface area contributed by atoms with Crippen molar-refractivity contribution in [2.45, 2.75) is 96.6 Å². The maximum Gasteiger partial charge on any atom is 0.489 e. The van der Waals surface area contributed by atoms with E-state index in [2.05, 4.69) is 97.3 Å². The van der Waals surface area contributed by atoms with Crippen LogP contribution in [0.25, 0.3) is 0 Å². The van der Waals surface area contributed by atoms with Crippen molar-refractivity contribution in [3.63, 3.8) is 0 Å². The summed E-state index contributed by atoms with van der Waals surface area (Å²) in [5.41, 5.74) is 1.43. The minimum Gasteiger partial charge on any atom is -0.415 e. The Balaban J connectivity index is 1.64. The van der Waals surface area contributed by atoms with Gasteiger partial charge >= 0.3 is 7.12 Å². The zero-order valence-corrected chi connectivity index (χ0v) is 23.7. The van der Waals surface area contributed by atoms with E-state index in [0.717, 1.165) is 17.8 Å². The molecular weight excluding hydrogens is 427 g/mol. The smallest absolute Gasteiger partial charge is 0.415 e. The third kappa shape index (κ3) is 3.94. The maximum atomic E-state index is 6.85. The lowest BCUT2D eigenvalue weighted by atomic mass is 9.43. The molecule has 0 N–H and O–H groups in total. The third-order valence-electron chi connectivity index (χ3n) is 8.96. The molecule has 4 fully saturated rings. The molecule has 1 aliphatic heterocycles. The van der Waals surface area contributed by atoms with Gasteiger partial charge in [-0.15, -0.1) is 6.58 Å². The molecule has 4 aliphatic rings. The first-order chi connectivity index (χ1) is 14.7. The molecule has 1 heterocycles. The molecule has 176 valence electrons. The van der Waals surface area contributed by atoms with Gasteiger partial charge in [-0.3, -0.25) is 0 Å². The molecule has 2 bridgehead atoms. The van der Waals surface area contributed by atoms with Crippen LogP contribution in [0.4, 0.5) is 0 Å². The highest BCUT2D eigenvalue weighted by molar-refractivity contribution is 6.92. The highest BCUT2D eigenvalue weighted by Crippen LogP contribution is 2.66. The lowest BCUT2D eigenvalue weighted by molar-refractivity contribution is -0.199. The fourth-order valence-electron chi connectivity index (χ4n) is 7.20. The SMILES string of the molecule is C=C(B1O[C@H]2C[C@H]3C[C@H](C3(C)C)[C@@]2(C)O1)[C@@H]([C@H](C)O[Si](C)(C)C)[Si](C)(C)c1ccccc1. The van der Waals surface area contributed by atoms with Crippen molar-refractivity contribution in [2.24, 2.45) is 17.3 Å². The molecule has 3 nitrogen and oxygen atoms in total. The Morgan fingerprint density at radius 3 is 2.28 bits per heavy atom. The molecule has 1 aromatic rings. The monoisotopic (exact) mass is 470 g/mol. The van der Waals surface area contributed by atoms with Crippen molar-refractivity contribution in [3.8, 4) is 0 Å². The minimum atomic E-state index is -1.97. The van der Waals surface area contributed by atoms with Crippen LogP contribution in [0.15, 0.2) is 42.4 Å². The molecule has 1 aromatic carbocycles. The van der Waals surface area contributed by atoms with Crippen LogP contribution in [0, 0.1) is 17.3 Å². The first-order valence-corrected chi connectivity index (χ1v) is 18.9. The summed E-state index contributed by atoms with van der Waals surface area (Å²) in [6.45, 7) is 25.7. The average Bonchev–Trinajstić information content (AvgIpc) is 3.04. The molecule has 3 aliphatic carbocycles. The number of hydrogen-bond acceptors (Lipinski definition) is 3. The Kier molecular flexibility index (Phi) is 6.07. The minimum absolute atomic E-state index is 0.0868. The standard InChI is InChI=1S/C26H43BO3Si2/c1-18(27-28-23-17-20-16-22(25(20,3)4)26(23,5)30-27)24(19(2)29-31(6,7)8)32(9,10)21-14-12-11-13-15-21/h11-15,19-20,22-24H,1,16-17H2,2-10H3/t19-,20+,22+,23-,24-,26+/m0/s1. The Bertz CT molecular complexity index is 866. The Labute approximate surface area is 198 Å². The van der Waals surface area contributed by atoms with Crippen LogP contribution < -0.4 is 5.19 Å². The molecule has 6 atom stereocenters.